The average molecular weight is 273 g/mol. The Morgan fingerprint density at radius 3 is 2.11 bits per heavy atom. The minimum absolute atomic E-state index is 0.425. The van der Waals surface area contributed by atoms with Gasteiger partial charge in [-0.15, -0.1) is 0 Å². The minimum Gasteiger partial charge on any atom is -0.396 e. The molecule has 2 aromatic carbocycles. The fraction of sp³-hybridized carbons (Fsp3) is 0.0769. The molecule has 0 saturated carbocycles. The molecule has 2 rings (SSSR count). The highest BCUT2D eigenvalue weighted by molar-refractivity contribution is 5.70. The summed E-state index contributed by atoms with van der Waals surface area (Å²) in [6.45, 7) is 0. The van der Waals surface area contributed by atoms with E-state index in [1.54, 1.807) is 0 Å². The standard InChI is InChI=1S/C13H8F5N/c14-10-6-12(19)11(15)5-8(10)7-3-1-2-4-9(7)13(16,17)18/h1-6H,19H2. The van der Waals surface area contributed by atoms with Gasteiger partial charge in [0.05, 0.1) is 11.3 Å². The van der Waals surface area contributed by atoms with E-state index in [9.17, 15) is 22.0 Å². The number of alkyl halides is 3. The second kappa shape index (κ2) is 4.53. The summed E-state index contributed by atoms with van der Waals surface area (Å²) in [5, 5.41) is 0. The first kappa shape index (κ1) is 13.3. The molecule has 0 aromatic heterocycles. The van der Waals surface area contributed by atoms with Gasteiger partial charge in [-0.05, 0) is 17.7 Å². The third-order valence-electron chi connectivity index (χ3n) is 2.61. The fourth-order valence-corrected chi connectivity index (χ4v) is 1.73. The maximum absolute atomic E-state index is 13.7. The summed E-state index contributed by atoms with van der Waals surface area (Å²) in [5.41, 5.74) is 2.77. The van der Waals surface area contributed by atoms with Crippen molar-refractivity contribution in [1.82, 2.24) is 0 Å². The van der Waals surface area contributed by atoms with Crippen LogP contribution in [0, 0.1) is 11.6 Å². The first-order chi connectivity index (χ1) is 8.80. The minimum atomic E-state index is -4.65. The molecule has 19 heavy (non-hydrogen) atoms. The van der Waals surface area contributed by atoms with E-state index in [0.29, 0.717) is 12.1 Å². The molecule has 0 amide bonds. The fourth-order valence-electron chi connectivity index (χ4n) is 1.73. The van der Waals surface area contributed by atoms with Crippen molar-refractivity contribution in [2.75, 3.05) is 5.73 Å². The van der Waals surface area contributed by atoms with Gasteiger partial charge < -0.3 is 5.73 Å². The molecule has 0 bridgehead atoms. The molecule has 0 heterocycles. The summed E-state index contributed by atoms with van der Waals surface area (Å²) in [6, 6.07) is 5.71. The number of hydrogen-bond donors (Lipinski definition) is 1. The van der Waals surface area contributed by atoms with Gasteiger partial charge in [-0.25, -0.2) is 8.78 Å². The third kappa shape index (κ3) is 2.52. The Morgan fingerprint density at radius 1 is 0.842 bits per heavy atom. The number of rotatable bonds is 1. The van der Waals surface area contributed by atoms with Gasteiger partial charge >= 0.3 is 6.18 Å². The van der Waals surface area contributed by atoms with Gasteiger partial charge in [0.25, 0.3) is 0 Å². The molecule has 0 aliphatic carbocycles. The molecule has 0 aliphatic rings. The number of nitrogen functional groups attached to an aromatic ring is 1. The zero-order valence-electron chi connectivity index (χ0n) is 9.43. The van der Waals surface area contributed by atoms with E-state index in [1.807, 2.05) is 0 Å². The Balaban J connectivity index is 2.70. The Bertz CT molecular complexity index is 619. The van der Waals surface area contributed by atoms with Crippen molar-refractivity contribution in [2.45, 2.75) is 6.18 Å². The van der Waals surface area contributed by atoms with Gasteiger partial charge in [0, 0.05) is 11.6 Å². The number of halogens is 5. The molecule has 0 fully saturated rings. The molecule has 0 spiro atoms. The lowest BCUT2D eigenvalue weighted by Crippen LogP contribution is -2.07. The molecule has 2 N–H and O–H groups in total. The monoisotopic (exact) mass is 273 g/mol. The second-order valence-electron chi connectivity index (χ2n) is 3.90. The highest BCUT2D eigenvalue weighted by Crippen LogP contribution is 2.38. The Morgan fingerprint density at radius 2 is 1.47 bits per heavy atom. The SMILES string of the molecule is Nc1cc(F)c(-c2ccccc2C(F)(F)F)cc1F. The number of hydrogen-bond acceptors (Lipinski definition) is 1. The van der Waals surface area contributed by atoms with Crippen LogP contribution in [0.15, 0.2) is 36.4 Å². The Labute approximate surface area is 105 Å². The highest BCUT2D eigenvalue weighted by Gasteiger charge is 2.34. The van der Waals surface area contributed by atoms with Gasteiger partial charge in [0.15, 0.2) is 0 Å². The van der Waals surface area contributed by atoms with Gasteiger partial charge in [-0.3, -0.25) is 0 Å². The number of anilines is 1. The molecule has 0 atom stereocenters. The Hall–Kier alpha value is -2.11. The first-order valence-corrected chi connectivity index (χ1v) is 5.22. The van der Waals surface area contributed by atoms with Crippen molar-refractivity contribution in [2.24, 2.45) is 0 Å². The summed E-state index contributed by atoms with van der Waals surface area (Å²) < 4.78 is 65.4. The van der Waals surface area contributed by atoms with E-state index in [2.05, 4.69) is 0 Å². The van der Waals surface area contributed by atoms with Gasteiger partial charge in [0.2, 0.25) is 0 Å². The summed E-state index contributed by atoms with van der Waals surface area (Å²) in [6.07, 6.45) is -4.65. The molecule has 100 valence electrons. The van der Waals surface area contributed by atoms with Crippen molar-refractivity contribution in [1.29, 1.82) is 0 Å². The largest absolute Gasteiger partial charge is 0.417 e. The van der Waals surface area contributed by atoms with Crippen LogP contribution in [-0.2, 0) is 6.18 Å². The summed E-state index contributed by atoms with van der Waals surface area (Å²) in [5.74, 6) is -1.97. The second-order valence-corrected chi connectivity index (χ2v) is 3.90. The maximum atomic E-state index is 13.7. The smallest absolute Gasteiger partial charge is 0.396 e. The number of nitrogens with two attached hydrogens (primary N) is 1. The van der Waals surface area contributed by atoms with Crippen LogP contribution < -0.4 is 5.73 Å². The van der Waals surface area contributed by atoms with Crippen LogP contribution >= 0.6 is 0 Å². The molecule has 1 nitrogen and oxygen atoms in total. The van der Waals surface area contributed by atoms with Crippen LogP contribution in [0.5, 0.6) is 0 Å². The zero-order chi connectivity index (χ0) is 14.2. The molecule has 0 aliphatic heterocycles. The van der Waals surface area contributed by atoms with E-state index in [1.165, 1.54) is 12.1 Å². The highest BCUT2D eigenvalue weighted by atomic mass is 19.4. The van der Waals surface area contributed by atoms with Crippen molar-refractivity contribution < 1.29 is 22.0 Å². The van der Waals surface area contributed by atoms with Crippen LogP contribution in [-0.4, -0.2) is 0 Å². The summed E-state index contributed by atoms with van der Waals surface area (Å²) >= 11 is 0. The van der Waals surface area contributed by atoms with E-state index in [-0.39, 0.29) is 0 Å². The molecular formula is C13H8F5N. The quantitative estimate of drug-likeness (QED) is 0.610. The molecule has 0 unspecified atom stereocenters. The summed E-state index contributed by atoms with van der Waals surface area (Å²) in [7, 11) is 0. The normalized spacial score (nSPS) is 11.6. The molecule has 6 heteroatoms. The molecule has 2 aromatic rings. The topological polar surface area (TPSA) is 26.0 Å². The van der Waals surface area contributed by atoms with Crippen LogP contribution in [0.3, 0.4) is 0 Å². The number of benzene rings is 2. The predicted molar refractivity (Wildman–Crippen MR) is 61.2 cm³/mol. The molecule has 0 saturated heterocycles. The van der Waals surface area contributed by atoms with Gasteiger partial charge in [-0.2, -0.15) is 13.2 Å². The van der Waals surface area contributed by atoms with Crippen molar-refractivity contribution in [3.05, 3.63) is 53.6 Å². The van der Waals surface area contributed by atoms with E-state index >= 15 is 0 Å². The Kier molecular flexibility index (Phi) is 3.18. The average Bonchev–Trinajstić information content (AvgIpc) is 2.33. The van der Waals surface area contributed by atoms with Crippen molar-refractivity contribution >= 4 is 5.69 Å². The summed E-state index contributed by atoms with van der Waals surface area (Å²) in [4.78, 5) is 0. The van der Waals surface area contributed by atoms with Crippen molar-refractivity contribution in [3.63, 3.8) is 0 Å². The van der Waals surface area contributed by atoms with Crippen LogP contribution in [0.1, 0.15) is 5.56 Å². The molecule has 0 radical (unpaired) electrons. The lowest BCUT2D eigenvalue weighted by Gasteiger charge is -2.13. The first-order valence-electron chi connectivity index (χ1n) is 5.22. The third-order valence-corrected chi connectivity index (χ3v) is 2.61. The maximum Gasteiger partial charge on any atom is 0.417 e. The van der Waals surface area contributed by atoms with Crippen molar-refractivity contribution in [3.8, 4) is 11.1 Å². The predicted octanol–water partition coefficient (Wildman–Crippen LogP) is 4.23. The van der Waals surface area contributed by atoms with Gasteiger partial charge in [0.1, 0.15) is 11.6 Å². The lowest BCUT2D eigenvalue weighted by molar-refractivity contribution is -0.137. The van der Waals surface area contributed by atoms with Crippen LogP contribution in [0.2, 0.25) is 0 Å². The molecular weight excluding hydrogens is 265 g/mol. The van der Waals surface area contributed by atoms with Crippen LogP contribution in [0.25, 0.3) is 11.1 Å². The van der Waals surface area contributed by atoms with E-state index in [0.717, 1.165) is 12.1 Å². The van der Waals surface area contributed by atoms with Gasteiger partial charge in [-0.1, -0.05) is 18.2 Å². The van der Waals surface area contributed by atoms with Crippen LogP contribution in [0.4, 0.5) is 27.6 Å². The van der Waals surface area contributed by atoms with E-state index < -0.39 is 40.2 Å². The zero-order valence-corrected chi connectivity index (χ0v) is 9.43. The van der Waals surface area contributed by atoms with E-state index in [4.69, 9.17) is 5.73 Å². The lowest BCUT2D eigenvalue weighted by atomic mass is 9.98.